The van der Waals surface area contributed by atoms with Gasteiger partial charge in [-0.05, 0) is 18.2 Å². The molecule has 0 amide bonds. The lowest BCUT2D eigenvalue weighted by atomic mass is 10.1. The fourth-order valence-corrected chi connectivity index (χ4v) is 1.66. The summed E-state index contributed by atoms with van der Waals surface area (Å²) < 4.78 is 4.73. The van der Waals surface area contributed by atoms with Crippen molar-refractivity contribution in [3.8, 4) is 0 Å². The van der Waals surface area contributed by atoms with E-state index in [2.05, 4.69) is 36.8 Å². The molecule has 1 aromatic heterocycles. The predicted molar refractivity (Wildman–Crippen MR) is 60.0 cm³/mol. The van der Waals surface area contributed by atoms with Crippen LogP contribution in [0.25, 0.3) is 11.1 Å². The van der Waals surface area contributed by atoms with E-state index in [1.165, 1.54) is 6.39 Å². The van der Waals surface area contributed by atoms with Crippen LogP contribution in [0.4, 0.5) is 0 Å². The third-order valence-corrected chi connectivity index (χ3v) is 2.65. The third-order valence-electron chi connectivity index (χ3n) is 1.81. The number of Topliss-reactive ketones (excluding diaryl/α,β-unsaturated/α-hetero) is 1. The van der Waals surface area contributed by atoms with E-state index in [4.69, 9.17) is 4.42 Å². The molecule has 0 aliphatic heterocycles. The molecular weight excluding hydrogens is 314 g/mol. The van der Waals surface area contributed by atoms with E-state index >= 15 is 0 Å². The standard InChI is InChI=1S/C9H5Br2NO2/c10-9(11)8(13)5-1-2-6-7(3-5)14-4-12-6/h1-4,9H. The molecule has 0 unspecified atom stereocenters. The molecule has 2 rings (SSSR count). The number of benzene rings is 1. The van der Waals surface area contributed by atoms with Gasteiger partial charge >= 0.3 is 0 Å². The highest BCUT2D eigenvalue weighted by molar-refractivity contribution is 9.25. The van der Waals surface area contributed by atoms with Crippen molar-refractivity contribution >= 4 is 48.7 Å². The van der Waals surface area contributed by atoms with Gasteiger partial charge in [0.2, 0.25) is 0 Å². The Labute approximate surface area is 96.8 Å². The number of rotatable bonds is 2. The van der Waals surface area contributed by atoms with Gasteiger partial charge in [-0.15, -0.1) is 0 Å². The quantitative estimate of drug-likeness (QED) is 0.631. The number of halogens is 2. The predicted octanol–water partition coefficient (Wildman–Crippen LogP) is 3.13. The van der Waals surface area contributed by atoms with E-state index < -0.39 is 0 Å². The molecule has 0 atom stereocenters. The molecule has 0 N–H and O–H groups in total. The molecule has 14 heavy (non-hydrogen) atoms. The van der Waals surface area contributed by atoms with Gasteiger partial charge in [0.15, 0.2) is 17.8 Å². The summed E-state index contributed by atoms with van der Waals surface area (Å²) in [4.78, 5) is 15.5. The summed E-state index contributed by atoms with van der Waals surface area (Å²) in [5, 5.41) is 0. The molecule has 72 valence electrons. The van der Waals surface area contributed by atoms with Gasteiger partial charge in [-0.25, -0.2) is 4.98 Å². The van der Waals surface area contributed by atoms with Crippen LogP contribution in [-0.4, -0.2) is 14.5 Å². The average Bonchev–Trinajstić information content (AvgIpc) is 2.62. The summed E-state index contributed by atoms with van der Waals surface area (Å²) in [6.07, 6.45) is 1.36. The zero-order chi connectivity index (χ0) is 10.1. The number of oxazole rings is 1. The number of nitrogens with zero attached hydrogens (tertiary/aromatic N) is 1. The summed E-state index contributed by atoms with van der Waals surface area (Å²) in [7, 11) is 0. The summed E-state index contributed by atoms with van der Waals surface area (Å²) in [6.45, 7) is 0. The second-order valence-electron chi connectivity index (χ2n) is 2.70. The smallest absolute Gasteiger partial charge is 0.187 e. The summed E-state index contributed by atoms with van der Waals surface area (Å²) in [5.74, 6) is -0.0386. The number of hydrogen-bond acceptors (Lipinski definition) is 3. The lowest BCUT2D eigenvalue weighted by molar-refractivity contribution is 0.101. The van der Waals surface area contributed by atoms with Gasteiger partial charge in [-0.2, -0.15) is 0 Å². The Morgan fingerprint density at radius 3 is 2.93 bits per heavy atom. The number of hydrogen-bond donors (Lipinski definition) is 0. The first-order valence-corrected chi connectivity index (χ1v) is 5.67. The zero-order valence-corrected chi connectivity index (χ0v) is 10.1. The summed E-state index contributed by atoms with van der Waals surface area (Å²) in [5.41, 5.74) is 1.96. The summed E-state index contributed by atoms with van der Waals surface area (Å²) >= 11 is 6.30. The van der Waals surface area contributed by atoms with Gasteiger partial charge in [0.05, 0.1) is 0 Å². The fourth-order valence-electron chi connectivity index (χ4n) is 1.13. The van der Waals surface area contributed by atoms with Gasteiger partial charge in [0.1, 0.15) is 9.25 Å². The highest BCUT2D eigenvalue weighted by Crippen LogP contribution is 2.19. The number of carbonyl (C=O) groups excluding carboxylic acids is 1. The normalized spacial score (nSPS) is 11.1. The van der Waals surface area contributed by atoms with E-state index in [0.717, 1.165) is 5.52 Å². The van der Waals surface area contributed by atoms with Crippen molar-refractivity contribution in [2.75, 3.05) is 0 Å². The Morgan fingerprint density at radius 1 is 1.43 bits per heavy atom. The van der Waals surface area contributed by atoms with Crippen molar-refractivity contribution in [1.29, 1.82) is 0 Å². The minimum atomic E-state index is -0.365. The molecule has 0 fully saturated rings. The maximum Gasteiger partial charge on any atom is 0.187 e. The minimum Gasteiger partial charge on any atom is -0.443 e. The first kappa shape index (κ1) is 9.86. The molecule has 0 saturated heterocycles. The van der Waals surface area contributed by atoms with E-state index in [-0.39, 0.29) is 9.52 Å². The van der Waals surface area contributed by atoms with Crippen molar-refractivity contribution in [2.24, 2.45) is 0 Å². The molecule has 2 aromatic rings. The Balaban J connectivity index is 2.48. The molecule has 0 aliphatic rings. The molecule has 0 saturated carbocycles. The first-order chi connectivity index (χ1) is 6.68. The highest BCUT2D eigenvalue weighted by Gasteiger charge is 2.14. The lowest BCUT2D eigenvalue weighted by Crippen LogP contribution is -2.06. The average molecular weight is 319 g/mol. The number of ketones is 1. The second-order valence-corrected chi connectivity index (χ2v) is 5.76. The van der Waals surface area contributed by atoms with Crippen LogP contribution in [0.1, 0.15) is 10.4 Å². The molecule has 0 spiro atoms. The molecule has 3 nitrogen and oxygen atoms in total. The molecule has 1 aromatic carbocycles. The molecule has 5 heteroatoms. The fraction of sp³-hybridized carbons (Fsp3) is 0.111. The maximum absolute atomic E-state index is 11.6. The van der Waals surface area contributed by atoms with Crippen molar-refractivity contribution in [3.63, 3.8) is 0 Å². The SMILES string of the molecule is O=C(c1ccc2ncoc2c1)C(Br)Br. The number of fused-ring (bicyclic) bond motifs is 1. The van der Waals surface area contributed by atoms with E-state index in [0.29, 0.717) is 11.1 Å². The maximum atomic E-state index is 11.6. The second kappa shape index (κ2) is 3.82. The van der Waals surface area contributed by atoms with Gasteiger partial charge in [-0.3, -0.25) is 4.79 Å². The van der Waals surface area contributed by atoms with Crippen LogP contribution in [0.5, 0.6) is 0 Å². The van der Waals surface area contributed by atoms with Gasteiger partial charge in [0, 0.05) is 5.56 Å². The van der Waals surface area contributed by atoms with Crippen LogP contribution in [0.15, 0.2) is 29.0 Å². The number of carbonyl (C=O) groups is 1. The third kappa shape index (κ3) is 1.74. The Bertz CT molecular complexity index is 478. The van der Waals surface area contributed by atoms with E-state index in [9.17, 15) is 4.79 Å². The van der Waals surface area contributed by atoms with Crippen LogP contribution >= 0.6 is 31.9 Å². The van der Waals surface area contributed by atoms with Gasteiger partial charge in [-0.1, -0.05) is 31.9 Å². The van der Waals surface area contributed by atoms with Crippen molar-refractivity contribution < 1.29 is 9.21 Å². The van der Waals surface area contributed by atoms with E-state index in [1.54, 1.807) is 18.2 Å². The van der Waals surface area contributed by atoms with E-state index in [1.807, 2.05) is 0 Å². The van der Waals surface area contributed by atoms with Crippen LogP contribution in [-0.2, 0) is 0 Å². The van der Waals surface area contributed by atoms with Crippen LogP contribution in [0, 0.1) is 0 Å². The van der Waals surface area contributed by atoms with Crippen LogP contribution in [0.2, 0.25) is 0 Å². The molecule has 1 heterocycles. The monoisotopic (exact) mass is 317 g/mol. The molecule has 0 bridgehead atoms. The number of aromatic nitrogens is 1. The van der Waals surface area contributed by atoms with Crippen molar-refractivity contribution in [2.45, 2.75) is 3.74 Å². The van der Waals surface area contributed by atoms with Crippen molar-refractivity contribution in [1.82, 2.24) is 4.98 Å². The number of alkyl halides is 2. The van der Waals surface area contributed by atoms with Gasteiger partial charge < -0.3 is 4.42 Å². The Morgan fingerprint density at radius 2 is 2.21 bits per heavy atom. The largest absolute Gasteiger partial charge is 0.443 e. The molecule has 0 radical (unpaired) electrons. The lowest BCUT2D eigenvalue weighted by Gasteiger charge is -2.00. The van der Waals surface area contributed by atoms with Crippen molar-refractivity contribution in [3.05, 3.63) is 30.2 Å². The molecule has 0 aliphatic carbocycles. The first-order valence-electron chi connectivity index (χ1n) is 3.84. The summed E-state index contributed by atoms with van der Waals surface area (Å²) in [6, 6.07) is 5.16. The minimum absolute atomic E-state index is 0.0386. The van der Waals surface area contributed by atoms with Crippen LogP contribution in [0.3, 0.4) is 0 Å². The Kier molecular flexibility index (Phi) is 2.69. The topological polar surface area (TPSA) is 43.1 Å². The van der Waals surface area contributed by atoms with Crippen LogP contribution < -0.4 is 0 Å². The van der Waals surface area contributed by atoms with Gasteiger partial charge in [0.25, 0.3) is 0 Å². The Hall–Kier alpha value is -0.680. The zero-order valence-electron chi connectivity index (χ0n) is 6.91. The highest BCUT2D eigenvalue weighted by atomic mass is 79.9. The molecular formula is C9H5Br2NO2.